The first kappa shape index (κ1) is 20.5. The average Bonchev–Trinajstić information content (AvgIpc) is 2.77. The molecule has 0 aliphatic carbocycles. The molecule has 0 N–H and O–H groups in total. The Kier molecular flexibility index (Phi) is 6.96. The summed E-state index contributed by atoms with van der Waals surface area (Å²) in [5, 5.41) is 0. The van der Waals surface area contributed by atoms with Crippen LogP contribution < -0.4 is 4.48 Å². The van der Waals surface area contributed by atoms with E-state index in [4.69, 9.17) is 0 Å². The highest BCUT2D eigenvalue weighted by Gasteiger charge is 2.38. The summed E-state index contributed by atoms with van der Waals surface area (Å²) in [6.45, 7) is 0. The van der Waals surface area contributed by atoms with Crippen molar-refractivity contribution in [3.63, 3.8) is 0 Å². The molecule has 0 amide bonds. The quantitative estimate of drug-likeness (QED) is 0.339. The van der Waals surface area contributed by atoms with E-state index in [1.165, 1.54) is 22.7 Å². The summed E-state index contributed by atoms with van der Waals surface area (Å²) in [6, 6.07) is 42.8. The zero-order valence-electron chi connectivity index (χ0n) is 17.4. The molecule has 0 fully saturated rings. The van der Waals surface area contributed by atoms with Gasteiger partial charge in [-0.1, -0.05) is 72.8 Å². The highest BCUT2D eigenvalue weighted by molar-refractivity contribution is 5.81. The molecular weight excluding hydrogens is 352 g/mol. The summed E-state index contributed by atoms with van der Waals surface area (Å²) in [6.07, 6.45) is 0. The second-order valence-electron chi connectivity index (χ2n) is 7.35. The Morgan fingerprint density at radius 3 is 0.724 bits per heavy atom. The van der Waals surface area contributed by atoms with Gasteiger partial charge in [-0.15, -0.1) is 0 Å². The largest absolute Gasteiger partial charge is 0.312 e. The van der Waals surface area contributed by atoms with Gasteiger partial charge in [0.1, 0.15) is 22.7 Å². The van der Waals surface area contributed by atoms with Gasteiger partial charge in [0.2, 0.25) is 0 Å². The minimum atomic E-state index is 0.559. The molecule has 0 heterocycles. The second-order valence-corrected chi connectivity index (χ2v) is 7.35. The maximum atomic E-state index is 2.20. The summed E-state index contributed by atoms with van der Waals surface area (Å²) in [4.78, 5) is 2.00. The van der Waals surface area contributed by atoms with Crippen molar-refractivity contribution in [1.29, 1.82) is 0 Å². The van der Waals surface area contributed by atoms with E-state index in [9.17, 15) is 0 Å². The van der Waals surface area contributed by atoms with Crippen molar-refractivity contribution >= 4 is 22.7 Å². The van der Waals surface area contributed by atoms with E-state index in [0.717, 1.165) is 0 Å². The van der Waals surface area contributed by atoms with Crippen LogP contribution >= 0.6 is 0 Å². The Hall–Kier alpha value is -3.20. The van der Waals surface area contributed by atoms with Crippen molar-refractivity contribution in [3.8, 4) is 0 Å². The molecule has 29 heavy (non-hydrogen) atoms. The highest BCUT2D eigenvalue weighted by Crippen LogP contribution is 2.50. The van der Waals surface area contributed by atoms with Gasteiger partial charge in [0.25, 0.3) is 0 Å². The molecule has 4 aromatic rings. The fourth-order valence-electron chi connectivity index (χ4n) is 3.50. The molecule has 0 aromatic heterocycles. The molecule has 4 rings (SSSR count). The minimum absolute atomic E-state index is 0.559. The van der Waals surface area contributed by atoms with Gasteiger partial charge in [-0.3, -0.25) is 0 Å². The Morgan fingerprint density at radius 2 is 0.552 bits per heavy atom. The lowest BCUT2D eigenvalue weighted by Gasteiger charge is -2.37. The molecule has 4 aromatic carbocycles. The van der Waals surface area contributed by atoms with E-state index < -0.39 is 0 Å². The van der Waals surface area contributed by atoms with Gasteiger partial charge in [-0.05, 0) is 21.1 Å². The van der Waals surface area contributed by atoms with Crippen LogP contribution in [0.2, 0.25) is 0 Å². The molecule has 0 unspecified atom stereocenters. The molecule has 0 atom stereocenters. The van der Waals surface area contributed by atoms with Crippen LogP contribution in [-0.2, 0) is 0 Å². The van der Waals surface area contributed by atoms with E-state index in [1.54, 1.807) is 0 Å². The lowest BCUT2D eigenvalue weighted by atomic mass is 10.1. The van der Waals surface area contributed by atoms with Gasteiger partial charge in [-0.2, -0.15) is 4.48 Å². The lowest BCUT2D eigenvalue weighted by Crippen LogP contribution is -2.33. The normalized spacial score (nSPS) is 10.9. The van der Waals surface area contributed by atoms with Gasteiger partial charge in [0.15, 0.2) is 0 Å². The number of nitrogens with zero attached hydrogens (tertiary/aromatic N) is 2. The predicted molar refractivity (Wildman–Crippen MR) is 126 cm³/mol. The van der Waals surface area contributed by atoms with Crippen molar-refractivity contribution in [2.24, 2.45) is 0 Å². The van der Waals surface area contributed by atoms with Crippen LogP contribution in [-0.4, -0.2) is 26.0 Å². The van der Waals surface area contributed by atoms with Crippen LogP contribution in [0.1, 0.15) is 0 Å². The van der Waals surface area contributed by atoms with E-state index >= 15 is 0 Å². The number of rotatable bonds is 4. The SMILES string of the molecule is CN(C)C.c1ccc([N+](c2ccccc2)(c2ccccc2)c2ccccc2)cc1. The molecule has 146 valence electrons. The molecule has 2 nitrogen and oxygen atoms in total. The lowest BCUT2D eigenvalue weighted by molar-refractivity contribution is 0.505. The van der Waals surface area contributed by atoms with Crippen molar-refractivity contribution in [3.05, 3.63) is 121 Å². The molecule has 2 heteroatoms. The van der Waals surface area contributed by atoms with Crippen molar-refractivity contribution in [2.45, 2.75) is 0 Å². The van der Waals surface area contributed by atoms with Crippen LogP contribution in [0.3, 0.4) is 0 Å². The third kappa shape index (κ3) is 4.62. The van der Waals surface area contributed by atoms with Crippen LogP contribution in [0, 0.1) is 0 Å². The zero-order valence-corrected chi connectivity index (χ0v) is 17.4. The topological polar surface area (TPSA) is 3.24 Å². The first-order chi connectivity index (χ1) is 14.2. The predicted octanol–water partition coefficient (Wildman–Crippen LogP) is 7.17. The Balaban J connectivity index is 0.000000552. The van der Waals surface area contributed by atoms with Crippen molar-refractivity contribution in [2.75, 3.05) is 21.1 Å². The third-order valence-electron chi connectivity index (χ3n) is 4.57. The van der Waals surface area contributed by atoms with Crippen molar-refractivity contribution in [1.82, 2.24) is 9.38 Å². The summed E-state index contributed by atoms with van der Waals surface area (Å²) >= 11 is 0. The van der Waals surface area contributed by atoms with E-state index in [2.05, 4.69) is 121 Å². The van der Waals surface area contributed by atoms with Crippen LogP contribution in [0.25, 0.3) is 0 Å². The highest BCUT2D eigenvalue weighted by atomic mass is 15.4. The molecule has 0 bridgehead atoms. The minimum Gasteiger partial charge on any atom is -0.312 e. The molecule has 0 spiro atoms. The smallest absolute Gasteiger partial charge is 0.148 e. The summed E-state index contributed by atoms with van der Waals surface area (Å²) < 4.78 is 0.559. The molecular formula is C27H29N2+. The summed E-state index contributed by atoms with van der Waals surface area (Å²) in [5.41, 5.74) is 4.86. The maximum absolute atomic E-state index is 2.20. The van der Waals surface area contributed by atoms with Gasteiger partial charge in [0.05, 0.1) is 0 Å². The van der Waals surface area contributed by atoms with Crippen LogP contribution in [0.5, 0.6) is 0 Å². The number of benzene rings is 4. The first-order valence-corrected chi connectivity index (χ1v) is 9.88. The van der Waals surface area contributed by atoms with E-state index in [1.807, 2.05) is 26.0 Å². The molecule has 0 aliphatic rings. The summed E-state index contributed by atoms with van der Waals surface area (Å²) in [5.74, 6) is 0. The Labute approximate surface area is 174 Å². The third-order valence-corrected chi connectivity index (χ3v) is 4.57. The molecule has 0 saturated carbocycles. The van der Waals surface area contributed by atoms with E-state index in [0.29, 0.717) is 4.48 Å². The number of hydrogen-bond donors (Lipinski definition) is 0. The van der Waals surface area contributed by atoms with Crippen LogP contribution in [0.15, 0.2) is 121 Å². The number of para-hydroxylation sites is 4. The maximum Gasteiger partial charge on any atom is 0.148 e. The standard InChI is InChI=1S/C24H20N.C3H9N/c1-5-13-21(14-6-1)25(22-15-7-2-8-16-22,23-17-9-3-10-18-23)24-19-11-4-12-20-24;1-4(2)3/h1-20H;1-3H3/q+1;. The van der Waals surface area contributed by atoms with Gasteiger partial charge >= 0.3 is 0 Å². The molecule has 0 saturated heterocycles. The second kappa shape index (κ2) is 9.83. The Morgan fingerprint density at radius 1 is 0.379 bits per heavy atom. The van der Waals surface area contributed by atoms with Crippen LogP contribution in [0.4, 0.5) is 22.7 Å². The molecule has 0 aliphatic heterocycles. The van der Waals surface area contributed by atoms with Crippen molar-refractivity contribution < 1.29 is 0 Å². The van der Waals surface area contributed by atoms with E-state index in [-0.39, 0.29) is 0 Å². The number of quaternary nitrogens is 1. The number of hydrogen-bond acceptors (Lipinski definition) is 1. The molecule has 0 radical (unpaired) electrons. The zero-order chi connectivity index (χ0) is 20.5. The van der Waals surface area contributed by atoms with Gasteiger partial charge in [0, 0.05) is 48.5 Å². The fourth-order valence-corrected chi connectivity index (χ4v) is 3.50. The first-order valence-electron chi connectivity index (χ1n) is 9.88. The fraction of sp³-hybridized carbons (Fsp3) is 0.111. The van der Waals surface area contributed by atoms with Gasteiger partial charge in [-0.25, -0.2) is 0 Å². The monoisotopic (exact) mass is 381 g/mol. The average molecular weight is 382 g/mol. The summed E-state index contributed by atoms with van der Waals surface area (Å²) in [7, 11) is 6.00. The Bertz CT molecular complexity index is 800. The van der Waals surface area contributed by atoms with Gasteiger partial charge < -0.3 is 4.90 Å².